The van der Waals surface area contributed by atoms with Gasteiger partial charge in [0.25, 0.3) is 5.78 Å². The van der Waals surface area contributed by atoms with Crippen LogP contribution in [0.3, 0.4) is 0 Å². The largest absolute Gasteiger partial charge is 0.507 e. The minimum atomic E-state index is -1.07. The van der Waals surface area contributed by atoms with Crippen molar-refractivity contribution < 1.29 is 28.6 Å². The van der Waals surface area contributed by atoms with Crippen molar-refractivity contribution in [2.24, 2.45) is 0 Å². The first-order valence-electron chi connectivity index (χ1n) is 13.0. The van der Waals surface area contributed by atoms with Crippen molar-refractivity contribution in [1.82, 2.24) is 10.2 Å². The van der Waals surface area contributed by atoms with Gasteiger partial charge in [-0.3, -0.25) is 14.5 Å². The molecular weight excluding hydrogens is 601 g/mol. The summed E-state index contributed by atoms with van der Waals surface area (Å²) in [5.74, 6) is -1.30. The number of ether oxygens (including phenoxy) is 2. The third-order valence-corrected chi connectivity index (χ3v) is 8.83. The maximum atomic E-state index is 13.6. The second-order valence-electron chi connectivity index (χ2n) is 8.98. The molecule has 1 unspecified atom stereocenters. The molecule has 12 heteroatoms. The number of hydrogen-bond acceptors (Lipinski definition) is 9. The van der Waals surface area contributed by atoms with E-state index in [0.717, 1.165) is 29.0 Å². The van der Waals surface area contributed by atoms with Crippen LogP contribution in [-0.4, -0.2) is 40.2 Å². The fraction of sp³-hybridized carbons (Fsp3) is 0.200. The van der Waals surface area contributed by atoms with Gasteiger partial charge in [-0.25, -0.2) is 4.39 Å². The summed E-state index contributed by atoms with van der Waals surface area (Å²) in [6.45, 7) is 4.42. The monoisotopic (exact) mass is 625 g/mol. The molecule has 0 bridgehead atoms. The zero-order chi connectivity index (χ0) is 29.8. The highest BCUT2D eigenvalue weighted by atomic mass is 35.5. The van der Waals surface area contributed by atoms with Gasteiger partial charge in [-0.1, -0.05) is 59.0 Å². The number of rotatable bonds is 10. The number of thioether (sulfide) groups is 1. The normalized spacial score (nSPS) is 16.2. The highest BCUT2D eigenvalue weighted by Gasteiger charge is 2.48. The van der Waals surface area contributed by atoms with Gasteiger partial charge in [0.2, 0.25) is 5.13 Å². The highest BCUT2D eigenvalue weighted by molar-refractivity contribution is 8.00. The third-order valence-electron chi connectivity index (χ3n) is 6.36. The Labute approximate surface area is 254 Å². The molecule has 3 aromatic carbocycles. The summed E-state index contributed by atoms with van der Waals surface area (Å²) in [5.41, 5.74) is 1.41. The maximum absolute atomic E-state index is 13.6. The molecule has 1 saturated heterocycles. The number of anilines is 1. The van der Waals surface area contributed by atoms with Crippen molar-refractivity contribution in [2.75, 3.05) is 18.1 Å². The Morgan fingerprint density at radius 3 is 2.45 bits per heavy atom. The number of Topliss-reactive ketones (excluding diaryl/α,β-unsaturated/α-hetero) is 1. The van der Waals surface area contributed by atoms with Crippen LogP contribution in [0.2, 0.25) is 5.02 Å². The van der Waals surface area contributed by atoms with Gasteiger partial charge in [-0.05, 0) is 67.4 Å². The molecule has 42 heavy (non-hydrogen) atoms. The first-order chi connectivity index (χ1) is 20.3. The van der Waals surface area contributed by atoms with Crippen LogP contribution >= 0.6 is 34.7 Å². The summed E-state index contributed by atoms with van der Waals surface area (Å²) >= 11 is 8.82. The molecule has 1 aliphatic heterocycles. The molecular formula is C30H25ClFN3O5S2. The van der Waals surface area contributed by atoms with Crippen LogP contribution in [0.4, 0.5) is 9.52 Å². The van der Waals surface area contributed by atoms with E-state index < -0.39 is 29.3 Å². The summed E-state index contributed by atoms with van der Waals surface area (Å²) in [6.07, 6.45) is 0. The summed E-state index contributed by atoms with van der Waals surface area (Å²) in [7, 11) is 0. The first kappa shape index (κ1) is 29.6. The Bertz CT molecular complexity index is 1660. The molecule has 216 valence electrons. The van der Waals surface area contributed by atoms with Crippen LogP contribution in [0, 0.1) is 5.82 Å². The van der Waals surface area contributed by atoms with Gasteiger partial charge in [0.15, 0.2) is 15.8 Å². The molecule has 0 aliphatic carbocycles. The van der Waals surface area contributed by atoms with E-state index in [1.54, 1.807) is 24.3 Å². The zero-order valence-corrected chi connectivity index (χ0v) is 24.9. The topological polar surface area (TPSA) is 102 Å². The van der Waals surface area contributed by atoms with Gasteiger partial charge in [0, 0.05) is 16.3 Å². The van der Waals surface area contributed by atoms with E-state index in [2.05, 4.69) is 10.2 Å². The Kier molecular flexibility index (Phi) is 9.10. The van der Waals surface area contributed by atoms with Gasteiger partial charge >= 0.3 is 5.91 Å². The van der Waals surface area contributed by atoms with E-state index in [1.165, 1.54) is 28.8 Å². The predicted octanol–water partition coefficient (Wildman–Crippen LogP) is 7.05. The predicted molar refractivity (Wildman–Crippen MR) is 161 cm³/mol. The highest BCUT2D eigenvalue weighted by Crippen LogP contribution is 2.45. The molecule has 1 fully saturated rings. The molecule has 8 nitrogen and oxygen atoms in total. The van der Waals surface area contributed by atoms with Crippen molar-refractivity contribution >= 4 is 57.3 Å². The number of nitrogens with zero attached hydrogens (tertiary/aromatic N) is 3. The minimum Gasteiger partial charge on any atom is -0.507 e. The maximum Gasteiger partial charge on any atom is 0.301 e. The Morgan fingerprint density at radius 2 is 1.74 bits per heavy atom. The van der Waals surface area contributed by atoms with E-state index in [-0.39, 0.29) is 16.3 Å². The van der Waals surface area contributed by atoms with E-state index >= 15 is 0 Å². The van der Waals surface area contributed by atoms with Crippen LogP contribution in [0.25, 0.3) is 5.76 Å². The number of halogens is 2. The summed E-state index contributed by atoms with van der Waals surface area (Å²) < 4.78 is 25.7. The number of aliphatic hydroxyl groups excluding tert-OH is 1. The Morgan fingerprint density at radius 1 is 1.02 bits per heavy atom. The lowest BCUT2D eigenvalue weighted by Crippen LogP contribution is -2.29. The molecule has 1 atom stereocenters. The summed E-state index contributed by atoms with van der Waals surface area (Å²) in [5, 5.41) is 20.6. The fourth-order valence-electron chi connectivity index (χ4n) is 4.46. The minimum absolute atomic E-state index is 0.168. The van der Waals surface area contributed by atoms with Crippen LogP contribution in [0.5, 0.6) is 11.5 Å². The van der Waals surface area contributed by atoms with Gasteiger partial charge < -0.3 is 14.6 Å². The lowest BCUT2D eigenvalue weighted by Gasteiger charge is -2.23. The van der Waals surface area contributed by atoms with Crippen molar-refractivity contribution in [3.8, 4) is 11.5 Å². The zero-order valence-electron chi connectivity index (χ0n) is 22.5. The molecule has 1 aromatic heterocycles. The molecule has 5 rings (SSSR count). The lowest BCUT2D eigenvalue weighted by atomic mass is 9.95. The SMILES string of the molecule is CCOc1ccc(C2/C(=C(\O)c3ccc(F)cc3)C(=O)C(=O)N2c2nnc(SCc3ccccc3Cl)s2)cc1OCC. The first-order valence-corrected chi connectivity index (χ1v) is 15.2. The number of ketones is 1. The number of carbonyl (C=O) groups excluding carboxylic acids is 2. The van der Waals surface area contributed by atoms with Gasteiger partial charge in [-0.2, -0.15) is 0 Å². The molecule has 1 amide bonds. The molecule has 0 saturated carbocycles. The van der Waals surface area contributed by atoms with Crippen LogP contribution in [-0.2, 0) is 15.3 Å². The Hall–Kier alpha value is -3.93. The third kappa shape index (κ3) is 5.99. The Balaban J connectivity index is 1.59. The standard InChI is InChI=1S/C30H25ClFN3O5S2/c1-3-39-22-14-11-18(15-23(22)40-4-2)25-24(26(36)17-9-12-20(32)13-10-17)27(37)28(38)35(25)29-33-34-30(42-29)41-16-19-7-5-6-8-21(19)31/h5-15,25,36H,3-4,16H2,1-2H3/b26-24+. The smallest absolute Gasteiger partial charge is 0.301 e. The quantitative estimate of drug-likeness (QED) is 0.0658. The van der Waals surface area contributed by atoms with Crippen molar-refractivity contribution in [3.63, 3.8) is 0 Å². The summed E-state index contributed by atoms with van der Waals surface area (Å²) in [6, 6.07) is 16.4. The molecule has 1 aliphatic rings. The molecule has 4 aromatic rings. The van der Waals surface area contributed by atoms with E-state index in [4.69, 9.17) is 21.1 Å². The molecule has 1 N–H and O–H groups in total. The average molecular weight is 626 g/mol. The van der Waals surface area contributed by atoms with Gasteiger partial charge in [0.05, 0.1) is 24.8 Å². The number of aromatic nitrogens is 2. The van der Waals surface area contributed by atoms with E-state index in [0.29, 0.717) is 45.4 Å². The van der Waals surface area contributed by atoms with Crippen molar-refractivity contribution in [1.29, 1.82) is 0 Å². The number of benzene rings is 3. The van der Waals surface area contributed by atoms with Crippen molar-refractivity contribution in [2.45, 2.75) is 30.0 Å². The van der Waals surface area contributed by atoms with Crippen LogP contribution < -0.4 is 14.4 Å². The average Bonchev–Trinajstić information content (AvgIpc) is 3.55. The fourth-order valence-corrected chi connectivity index (χ4v) is 6.61. The number of amides is 1. The lowest BCUT2D eigenvalue weighted by molar-refractivity contribution is -0.132. The molecule has 2 heterocycles. The number of aliphatic hydroxyl groups is 1. The number of hydrogen-bond donors (Lipinski definition) is 1. The van der Waals surface area contributed by atoms with Crippen LogP contribution in [0.15, 0.2) is 76.6 Å². The second kappa shape index (κ2) is 12.9. The van der Waals surface area contributed by atoms with Gasteiger partial charge in [0.1, 0.15) is 11.6 Å². The van der Waals surface area contributed by atoms with E-state index in [1.807, 2.05) is 32.0 Å². The van der Waals surface area contributed by atoms with Crippen molar-refractivity contribution in [3.05, 3.63) is 99.8 Å². The molecule has 0 radical (unpaired) electrons. The van der Waals surface area contributed by atoms with E-state index in [9.17, 15) is 19.1 Å². The second-order valence-corrected chi connectivity index (χ2v) is 11.6. The summed E-state index contributed by atoms with van der Waals surface area (Å²) in [4.78, 5) is 28.2. The van der Waals surface area contributed by atoms with Crippen LogP contribution in [0.1, 0.15) is 36.6 Å². The van der Waals surface area contributed by atoms with Gasteiger partial charge in [-0.15, -0.1) is 10.2 Å². The number of carbonyl (C=O) groups is 2. The molecule has 0 spiro atoms.